The Balaban J connectivity index is 0.00000144. The van der Waals surface area contributed by atoms with Gasteiger partial charge in [0.1, 0.15) is 5.60 Å². The van der Waals surface area contributed by atoms with Crippen LogP contribution in [0.15, 0.2) is 0 Å². The van der Waals surface area contributed by atoms with Crippen molar-refractivity contribution in [3.8, 4) is 0 Å². The van der Waals surface area contributed by atoms with Gasteiger partial charge in [-0.05, 0) is 52.9 Å². The highest BCUT2D eigenvalue weighted by Crippen LogP contribution is 2.50. The molecule has 0 unspecified atom stereocenters. The van der Waals surface area contributed by atoms with Crippen LogP contribution in [0.3, 0.4) is 0 Å². The zero-order chi connectivity index (χ0) is 12.0. The van der Waals surface area contributed by atoms with Gasteiger partial charge in [0.15, 0.2) is 0 Å². The number of hydrogen-bond donors (Lipinski definition) is 2. The number of amides is 1. The Hall–Kier alpha value is -0.480. The van der Waals surface area contributed by atoms with Crippen molar-refractivity contribution in [3.05, 3.63) is 0 Å². The van der Waals surface area contributed by atoms with Crippen molar-refractivity contribution < 1.29 is 9.53 Å². The summed E-state index contributed by atoms with van der Waals surface area (Å²) in [6.45, 7) is 5.62. The lowest BCUT2D eigenvalue weighted by molar-refractivity contribution is -0.00381. The zero-order valence-corrected chi connectivity index (χ0v) is 11.7. The number of rotatable bonds is 1. The lowest BCUT2D eigenvalue weighted by Gasteiger charge is -2.58. The summed E-state index contributed by atoms with van der Waals surface area (Å²) in [7, 11) is 0. The molecule has 2 bridgehead atoms. The lowest BCUT2D eigenvalue weighted by atomic mass is 9.55. The van der Waals surface area contributed by atoms with E-state index >= 15 is 0 Å². The number of halogens is 1. The third-order valence-electron chi connectivity index (χ3n) is 3.48. The van der Waals surface area contributed by atoms with E-state index in [1.807, 2.05) is 20.8 Å². The van der Waals surface area contributed by atoms with E-state index < -0.39 is 5.60 Å². The first-order chi connectivity index (χ1) is 7.22. The Morgan fingerprint density at radius 1 is 1.29 bits per heavy atom. The average Bonchev–Trinajstić information content (AvgIpc) is 1.95. The fourth-order valence-electron chi connectivity index (χ4n) is 3.10. The number of carbonyl (C=O) groups is 1. The van der Waals surface area contributed by atoms with Gasteiger partial charge in [-0.2, -0.15) is 0 Å². The number of nitrogens with one attached hydrogen (secondary N) is 1. The van der Waals surface area contributed by atoms with Gasteiger partial charge >= 0.3 is 6.09 Å². The first-order valence-corrected chi connectivity index (χ1v) is 6.02. The van der Waals surface area contributed by atoms with Crippen LogP contribution in [0.2, 0.25) is 0 Å². The molecule has 0 spiro atoms. The third-order valence-corrected chi connectivity index (χ3v) is 3.48. The molecule has 3 fully saturated rings. The van der Waals surface area contributed by atoms with Gasteiger partial charge in [-0.15, -0.1) is 12.4 Å². The summed E-state index contributed by atoms with van der Waals surface area (Å²) in [5.74, 6) is 0. The highest BCUT2D eigenvalue weighted by atomic mass is 35.5. The fraction of sp³-hybridized carbons (Fsp3) is 0.917. The normalized spacial score (nSPS) is 35.3. The molecule has 0 radical (unpaired) electrons. The van der Waals surface area contributed by atoms with Crippen molar-refractivity contribution in [1.82, 2.24) is 5.32 Å². The van der Waals surface area contributed by atoms with Crippen LogP contribution in [-0.4, -0.2) is 22.8 Å². The smallest absolute Gasteiger partial charge is 0.408 e. The molecule has 3 N–H and O–H groups in total. The summed E-state index contributed by atoms with van der Waals surface area (Å²) >= 11 is 0. The summed E-state index contributed by atoms with van der Waals surface area (Å²) in [6, 6.07) is 0. The Morgan fingerprint density at radius 2 is 1.88 bits per heavy atom. The number of alkyl carbamates (subject to hydrolysis) is 1. The van der Waals surface area contributed by atoms with Crippen molar-refractivity contribution in [2.45, 2.75) is 69.6 Å². The van der Waals surface area contributed by atoms with Gasteiger partial charge < -0.3 is 15.8 Å². The molecule has 0 aliphatic heterocycles. The molecule has 0 saturated heterocycles. The van der Waals surface area contributed by atoms with Crippen LogP contribution in [0.4, 0.5) is 4.79 Å². The Kier molecular flexibility index (Phi) is 3.71. The van der Waals surface area contributed by atoms with E-state index in [1.54, 1.807) is 0 Å². The van der Waals surface area contributed by atoms with Gasteiger partial charge in [0.2, 0.25) is 0 Å². The SMILES string of the molecule is CC(C)(C)OC(=O)NC12CCCC(N)(C1)C2.Cl. The molecule has 3 aliphatic rings. The van der Waals surface area contributed by atoms with Crippen molar-refractivity contribution in [2.24, 2.45) is 5.73 Å². The van der Waals surface area contributed by atoms with Crippen molar-refractivity contribution in [1.29, 1.82) is 0 Å². The molecule has 5 heteroatoms. The molecule has 0 atom stereocenters. The second-order valence-corrected chi connectivity index (χ2v) is 6.48. The minimum Gasteiger partial charge on any atom is -0.444 e. The van der Waals surface area contributed by atoms with Crippen LogP contribution in [0, 0.1) is 0 Å². The molecule has 17 heavy (non-hydrogen) atoms. The van der Waals surface area contributed by atoms with Gasteiger partial charge in [0, 0.05) is 11.1 Å². The Morgan fingerprint density at radius 3 is 2.35 bits per heavy atom. The number of ether oxygens (including phenoxy) is 1. The van der Waals surface area contributed by atoms with Gasteiger partial charge in [0.05, 0.1) is 0 Å². The maximum absolute atomic E-state index is 11.7. The van der Waals surface area contributed by atoms with E-state index in [1.165, 1.54) is 0 Å². The topological polar surface area (TPSA) is 64.3 Å². The number of nitrogens with two attached hydrogens (primary N) is 1. The van der Waals surface area contributed by atoms with Gasteiger partial charge in [0.25, 0.3) is 0 Å². The molecule has 0 aromatic carbocycles. The maximum Gasteiger partial charge on any atom is 0.408 e. The molecule has 3 aliphatic carbocycles. The van der Waals surface area contributed by atoms with E-state index in [0.29, 0.717) is 0 Å². The molecule has 3 rings (SSSR count). The highest BCUT2D eigenvalue weighted by Gasteiger charge is 2.56. The van der Waals surface area contributed by atoms with Crippen molar-refractivity contribution in [2.75, 3.05) is 0 Å². The second kappa shape index (κ2) is 4.32. The first-order valence-electron chi connectivity index (χ1n) is 6.02. The van der Waals surface area contributed by atoms with Crippen molar-refractivity contribution in [3.63, 3.8) is 0 Å². The van der Waals surface area contributed by atoms with Crippen molar-refractivity contribution >= 4 is 18.5 Å². The third kappa shape index (κ3) is 3.26. The van der Waals surface area contributed by atoms with Crippen LogP contribution in [-0.2, 0) is 4.74 Å². The molecule has 100 valence electrons. The summed E-state index contributed by atoms with van der Waals surface area (Å²) in [4.78, 5) is 11.7. The van der Waals surface area contributed by atoms with Crippen LogP contribution in [0.1, 0.15) is 52.9 Å². The van der Waals surface area contributed by atoms with Gasteiger partial charge in [-0.1, -0.05) is 0 Å². The molecule has 0 aromatic heterocycles. The van der Waals surface area contributed by atoms with E-state index in [0.717, 1.165) is 32.1 Å². The molecule has 4 nitrogen and oxygen atoms in total. The quantitative estimate of drug-likeness (QED) is 0.762. The highest BCUT2D eigenvalue weighted by molar-refractivity contribution is 5.85. The minimum absolute atomic E-state index is 0. The van der Waals surface area contributed by atoms with Crippen LogP contribution >= 0.6 is 12.4 Å². The molecule has 3 saturated carbocycles. The number of fused-ring (bicyclic) bond motifs is 2. The average molecular weight is 263 g/mol. The standard InChI is InChI=1S/C12H22N2O2.ClH/c1-10(2,3)16-9(15)14-12-6-4-5-11(13,7-12)8-12;/h4-8,13H2,1-3H3,(H,14,15);1H. The molecule has 0 heterocycles. The maximum atomic E-state index is 11.7. The predicted octanol–water partition coefficient (Wildman–Crippen LogP) is 2.35. The first kappa shape index (κ1) is 14.6. The zero-order valence-electron chi connectivity index (χ0n) is 10.8. The number of carbonyl (C=O) groups excluding carboxylic acids is 1. The largest absolute Gasteiger partial charge is 0.444 e. The summed E-state index contributed by atoms with van der Waals surface area (Å²) in [5.41, 5.74) is 5.61. The van der Waals surface area contributed by atoms with Gasteiger partial charge in [-0.25, -0.2) is 4.79 Å². The molecule has 1 amide bonds. The van der Waals surface area contributed by atoms with Crippen LogP contribution in [0.5, 0.6) is 0 Å². The molecular formula is C12H23ClN2O2. The molecule has 0 aromatic rings. The Bertz CT molecular complexity index is 306. The molecular weight excluding hydrogens is 240 g/mol. The lowest BCUT2D eigenvalue weighted by Crippen LogP contribution is -2.71. The Labute approximate surface area is 109 Å². The minimum atomic E-state index is -0.432. The summed E-state index contributed by atoms with van der Waals surface area (Å²) < 4.78 is 5.27. The van der Waals surface area contributed by atoms with E-state index in [9.17, 15) is 4.79 Å². The number of hydrogen-bond acceptors (Lipinski definition) is 3. The second-order valence-electron chi connectivity index (χ2n) is 6.48. The predicted molar refractivity (Wildman–Crippen MR) is 69.4 cm³/mol. The summed E-state index contributed by atoms with van der Waals surface area (Å²) in [6.07, 6.45) is 4.72. The van der Waals surface area contributed by atoms with Crippen LogP contribution < -0.4 is 11.1 Å². The summed E-state index contributed by atoms with van der Waals surface area (Å²) in [5, 5.41) is 3.00. The van der Waals surface area contributed by atoms with E-state index in [-0.39, 0.29) is 29.6 Å². The van der Waals surface area contributed by atoms with E-state index in [2.05, 4.69) is 5.32 Å². The van der Waals surface area contributed by atoms with Crippen LogP contribution in [0.25, 0.3) is 0 Å². The monoisotopic (exact) mass is 262 g/mol. The van der Waals surface area contributed by atoms with Gasteiger partial charge in [-0.3, -0.25) is 0 Å². The fourth-order valence-corrected chi connectivity index (χ4v) is 3.10. The van der Waals surface area contributed by atoms with E-state index in [4.69, 9.17) is 10.5 Å².